The van der Waals surface area contributed by atoms with Crippen LogP contribution in [0.2, 0.25) is 0 Å². The van der Waals surface area contributed by atoms with E-state index in [1.807, 2.05) is 5.32 Å². The Balaban J connectivity index is 3.09. The van der Waals surface area contributed by atoms with Crippen LogP contribution in [-0.2, 0) is 4.79 Å². The zero-order chi connectivity index (χ0) is 16.2. The third-order valence-corrected chi connectivity index (χ3v) is 2.87. The van der Waals surface area contributed by atoms with E-state index < -0.39 is 29.5 Å². The third-order valence-electron chi connectivity index (χ3n) is 2.87. The first kappa shape index (κ1) is 16.5. The second-order valence-corrected chi connectivity index (χ2v) is 4.70. The molecular formula is C13H15FN2O5. The fourth-order valence-electron chi connectivity index (χ4n) is 1.74. The zero-order valence-corrected chi connectivity index (χ0v) is 11.5. The Hall–Kier alpha value is -2.51. The lowest BCUT2D eigenvalue weighted by Crippen LogP contribution is -2.42. The maximum absolute atomic E-state index is 12.5. The smallest absolute Gasteiger partial charge is 0.328 e. The number of hydrogen-bond donors (Lipinski definition) is 2. The molecule has 0 heterocycles. The van der Waals surface area contributed by atoms with Gasteiger partial charge < -0.3 is 10.4 Å². The lowest BCUT2D eigenvalue weighted by Gasteiger charge is -2.12. The predicted molar refractivity (Wildman–Crippen MR) is 72.1 cm³/mol. The Labute approximate surface area is 119 Å². The number of hydrogen-bond acceptors (Lipinski definition) is 4. The van der Waals surface area contributed by atoms with Gasteiger partial charge in [-0.1, -0.05) is 19.9 Å². The number of carboxylic acids is 1. The summed E-state index contributed by atoms with van der Waals surface area (Å²) >= 11 is 0. The van der Waals surface area contributed by atoms with Crippen LogP contribution in [-0.4, -0.2) is 34.6 Å². The monoisotopic (exact) mass is 298 g/mol. The van der Waals surface area contributed by atoms with E-state index in [4.69, 9.17) is 5.11 Å². The largest absolute Gasteiger partial charge is 0.480 e. The molecule has 21 heavy (non-hydrogen) atoms. The first-order chi connectivity index (χ1) is 9.77. The highest BCUT2D eigenvalue weighted by Gasteiger charge is 2.23. The molecule has 1 unspecified atom stereocenters. The molecule has 1 aromatic carbocycles. The van der Waals surface area contributed by atoms with E-state index in [-0.39, 0.29) is 17.2 Å². The van der Waals surface area contributed by atoms with Crippen molar-refractivity contribution in [1.29, 1.82) is 0 Å². The number of halogens is 1. The van der Waals surface area contributed by atoms with Crippen molar-refractivity contribution in [3.05, 3.63) is 39.4 Å². The summed E-state index contributed by atoms with van der Waals surface area (Å²) in [7, 11) is 0. The van der Waals surface area contributed by atoms with Gasteiger partial charge in [0.15, 0.2) is 6.04 Å². The first-order valence-corrected chi connectivity index (χ1v) is 6.15. The summed E-state index contributed by atoms with van der Waals surface area (Å²) in [4.78, 5) is 32.9. The lowest BCUT2D eigenvalue weighted by atomic mass is 9.99. The summed E-state index contributed by atoms with van der Waals surface area (Å²) in [5, 5.41) is 21.6. The van der Waals surface area contributed by atoms with Crippen molar-refractivity contribution in [2.75, 3.05) is 6.67 Å². The Kier molecular flexibility index (Phi) is 5.34. The zero-order valence-electron chi connectivity index (χ0n) is 11.5. The molecule has 2 N–H and O–H groups in total. The van der Waals surface area contributed by atoms with Gasteiger partial charge in [0.25, 0.3) is 11.6 Å². The van der Waals surface area contributed by atoms with Gasteiger partial charge in [-0.3, -0.25) is 14.9 Å². The summed E-state index contributed by atoms with van der Waals surface area (Å²) < 4.78 is 12.5. The van der Waals surface area contributed by atoms with Crippen molar-refractivity contribution < 1.29 is 24.0 Å². The number of amides is 1. The Morgan fingerprint density at radius 1 is 1.43 bits per heavy atom. The van der Waals surface area contributed by atoms with Crippen molar-refractivity contribution in [2.45, 2.75) is 25.8 Å². The summed E-state index contributed by atoms with van der Waals surface area (Å²) in [6, 6.07) is 2.15. The van der Waals surface area contributed by atoms with Crippen LogP contribution in [0, 0.1) is 10.1 Å². The molecule has 0 spiro atoms. The molecule has 0 aliphatic rings. The molecule has 0 aliphatic heterocycles. The minimum atomic E-state index is -1.68. The molecule has 1 amide bonds. The number of nitro groups is 1. The van der Waals surface area contributed by atoms with E-state index in [1.54, 1.807) is 13.8 Å². The number of nitro benzene ring substituents is 1. The van der Waals surface area contributed by atoms with Gasteiger partial charge in [-0.25, -0.2) is 9.18 Å². The molecule has 0 aromatic heterocycles. The highest BCUT2D eigenvalue weighted by Crippen LogP contribution is 2.27. The van der Waals surface area contributed by atoms with Crippen molar-refractivity contribution in [3.8, 4) is 0 Å². The van der Waals surface area contributed by atoms with Crippen LogP contribution in [0.3, 0.4) is 0 Å². The van der Waals surface area contributed by atoms with Crippen LogP contribution in [0.15, 0.2) is 18.2 Å². The van der Waals surface area contributed by atoms with Gasteiger partial charge in [0.1, 0.15) is 6.67 Å². The molecule has 1 atom stereocenters. The fourth-order valence-corrected chi connectivity index (χ4v) is 1.74. The summed E-state index contributed by atoms with van der Waals surface area (Å²) in [6.07, 6.45) is 0. The number of alkyl halides is 1. The Morgan fingerprint density at radius 3 is 2.48 bits per heavy atom. The first-order valence-electron chi connectivity index (χ1n) is 6.15. The number of rotatable bonds is 6. The van der Waals surface area contributed by atoms with Crippen molar-refractivity contribution in [2.24, 2.45) is 0 Å². The number of nitrogens with one attached hydrogen (secondary N) is 1. The summed E-state index contributed by atoms with van der Waals surface area (Å²) in [5.74, 6) is -2.50. The molecule has 7 nitrogen and oxygen atoms in total. The van der Waals surface area contributed by atoms with Crippen LogP contribution in [0.4, 0.5) is 10.1 Å². The van der Waals surface area contributed by atoms with Gasteiger partial charge >= 0.3 is 5.97 Å². The normalized spacial score (nSPS) is 12.0. The fraction of sp³-hybridized carbons (Fsp3) is 0.385. The third kappa shape index (κ3) is 3.98. The topological polar surface area (TPSA) is 110 Å². The van der Waals surface area contributed by atoms with Crippen LogP contribution in [0.1, 0.15) is 35.7 Å². The van der Waals surface area contributed by atoms with E-state index >= 15 is 0 Å². The van der Waals surface area contributed by atoms with Crippen LogP contribution in [0.5, 0.6) is 0 Å². The predicted octanol–water partition coefficient (Wildman–Crippen LogP) is 1.87. The number of carboxylic acid groups (broad SMARTS) is 1. The molecule has 1 aromatic rings. The minimum Gasteiger partial charge on any atom is -0.480 e. The minimum absolute atomic E-state index is 0.0919. The quantitative estimate of drug-likeness (QED) is 0.615. The van der Waals surface area contributed by atoms with Gasteiger partial charge in [-0.05, 0) is 12.0 Å². The van der Waals surface area contributed by atoms with Crippen LogP contribution in [0.25, 0.3) is 0 Å². The highest BCUT2D eigenvalue weighted by molar-refractivity contribution is 5.97. The standard InChI is InChI=1S/C13H15FN2O5/c1-7(2)9-4-3-8(5-11(9)16(20)21)12(17)15-10(6-14)13(18)19/h3-5,7,10H,6H2,1-2H3,(H,15,17)(H,18,19). The lowest BCUT2D eigenvalue weighted by molar-refractivity contribution is -0.385. The molecule has 0 saturated heterocycles. The molecule has 114 valence electrons. The molecule has 0 aliphatic carbocycles. The molecule has 8 heteroatoms. The number of carbonyl (C=O) groups excluding carboxylic acids is 1. The Morgan fingerprint density at radius 2 is 2.05 bits per heavy atom. The summed E-state index contributed by atoms with van der Waals surface area (Å²) in [6.45, 7) is 2.27. The van der Waals surface area contributed by atoms with Gasteiger partial charge in [0.05, 0.1) is 4.92 Å². The molecule has 0 fully saturated rings. The van der Waals surface area contributed by atoms with E-state index in [9.17, 15) is 24.1 Å². The van der Waals surface area contributed by atoms with Gasteiger partial charge in [-0.15, -0.1) is 0 Å². The maximum Gasteiger partial charge on any atom is 0.328 e. The average molecular weight is 298 g/mol. The summed E-state index contributed by atoms with van der Waals surface area (Å²) in [5.41, 5.74) is 0.132. The van der Waals surface area contributed by atoms with Gasteiger partial charge in [0.2, 0.25) is 0 Å². The second kappa shape index (κ2) is 6.78. The molecule has 0 radical (unpaired) electrons. The maximum atomic E-state index is 12.5. The van der Waals surface area contributed by atoms with E-state index in [1.165, 1.54) is 12.1 Å². The number of carbonyl (C=O) groups is 2. The van der Waals surface area contributed by atoms with Gasteiger partial charge in [-0.2, -0.15) is 0 Å². The van der Waals surface area contributed by atoms with Gasteiger partial charge in [0, 0.05) is 17.2 Å². The highest BCUT2D eigenvalue weighted by atomic mass is 19.1. The Bertz CT molecular complexity index is 574. The van der Waals surface area contributed by atoms with Crippen LogP contribution >= 0.6 is 0 Å². The number of aliphatic carboxylic acids is 1. The van der Waals surface area contributed by atoms with E-state index in [2.05, 4.69) is 0 Å². The van der Waals surface area contributed by atoms with E-state index in [0.717, 1.165) is 6.07 Å². The molecule has 0 bridgehead atoms. The molecule has 1 rings (SSSR count). The molecular weight excluding hydrogens is 283 g/mol. The second-order valence-electron chi connectivity index (χ2n) is 4.70. The SMILES string of the molecule is CC(C)c1ccc(C(=O)NC(CF)C(=O)O)cc1[N+](=O)[O-]. The van der Waals surface area contributed by atoms with Crippen molar-refractivity contribution in [1.82, 2.24) is 5.32 Å². The van der Waals surface area contributed by atoms with Crippen molar-refractivity contribution in [3.63, 3.8) is 0 Å². The average Bonchev–Trinajstić information content (AvgIpc) is 2.43. The van der Waals surface area contributed by atoms with Crippen molar-refractivity contribution >= 4 is 17.6 Å². The number of benzene rings is 1. The van der Waals surface area contributed by atoms with E-state index in [0.29, 0.717) is 5.56 Å². The van der Waals surface area contributed by atoms with Crippen LogP contribution < -0.4 is 5.32 Å². The molecule has 0 saturated carbocycles. The number of nitrogens with zero attached hydrogens (tertiary/aromatic N) is 1.